The highest BCUT2D eigenvalue weighted by atomic mass is 32.2. The van der Waals surface area contributed by atoms with Gasteiger partial charge in [-0.15, -0.1) is 0 Å². The molecule has 0 atom stereocenters. The predicted molar refractivity (Wildman–Crippen MR) is 136 cm³/mol. The van der Waals surface area contributed by atoms with Crippen molar-refractivity contribution in [2.45, 2.75) is 80.4 Å². The smallest absolute Gasteiger partial charge is 0.165 e. The van der Waals surface area contributed by atoms with Gasteiger partial charge in [0.15, 0.2) is 5.82 Å². The van der Waals surface area contributed by atoms with E-state index in [2.05, 4.69) is 26.5 Å². The molecular weight excluding hydrogens is 458 g/mol. The molecule has 33 heavy (non-hydrogen) atoms. The quantitative estimate of drug-likeness (QED) is 0.479. The highest BCUT2D eigenvalue weighted by Crippen LogP contribution is 2.51. The second-order valence-electron chi connectivity index (χ2n) is 9.69. The number of anilines is 1. The summed E-state index contributed by atoms with van der Waals surface area (Å²) in [6.07, 6.45) is 9.30. The number of aryl methyl sites for hydroxylation is 1. The Labute approximate surface area is 204 Å². The Hall–Kier alpha value is -1.12. The Bertz CT molecular complexity index is 1000. The number of rotatable bonds is 5. The molecule has 180 valence electrons. The van der Waals surface area contributed by atoms with Crippen molar-refractivity contribution in [1.82, 2.24) is 14.9 Å². The first kappa shape index (κ1) is 23.6. The van der Waals surface area contributed by atoms with E-state index < -0.39 is 5.82 Å². The molecule has 4 nitrogen and oxygen atoms in total. The van der Waals surface area contributed by atoms with Crippen LogP contribution in [0.2, 0.25) is 0 Å². The first-order valence-electron chi connectivity index (χ1n) is 12.5. The molecule has 0 amide bonds. The molecule has 4 heterocycles. The maximum atomic E-state index is 15.1. The van der Waals surface area contributed by atoms with Crippen molar-refractivity contribution in [1.29, 1.82) is 0 Å². The van der Waals surface area contributed by atoms with E-state index in [-0.39, 0.29) is 28.1 Å². The Morgan fingerprint density at radius 1 is 1.06 bits per heavy atom. The number of aromatic nitrogens is 2. The molecule has 0 bridgehead atoms. The zero-order valence-corrected chi connectivity index (χ0v) is 21.3. The molecule has 8 heteroatoms. The minimum atomic E-state index is -0.552. The SMILES string of the molecule is CC.FSc1ccc2c(N3CCSC4(CC4)C3)nc(CCC34CCCN3CCC4)nc2c1F. The summed E-state index contributed by atoms with van der Waals surface area (Å²) >= 11 is 2.02. The molecule has 1 spiro atoms. The van der Waals surface area contributed by atoms with E-state index in [4.69, 9.17) is 4.98 Å². The number of fused-ring (bicyclic) bond motifs is 2. The fourth-order valence-electron chi connectivity index (χ4n) is 6.03. The van der Waals surface area contributed by atoms with E-state index >= 15 is 4.39 Å². The highest BCUT2D eigenvalue weighted by Gasteiger charge is 2.47. The minimum Gasteiger partial charge on any atom is -0.354 e. The van der Waals surface area contributed by atoms with Crippen LogP contribution in [0.25, 0.3) is 10.9 Å². The van der Waals surface area contributed by atoms with Crippen LogP contribution in [0.4, 0.5) is 14.1 Å². The maximum absolute atomic E-state index is 15.1. The Kier molecular flexibility index (Phi) is 6.80. The average Bonchev–Trinajstić information content (AvgIpc) is 3.27. The lowest BCUT2D eigenvalue weighted by molar-refractivity contribution is 0.182. The number of hydrogen-bond donors (Lipinski definition) is 0. The van der Waals surface area contributed by atoms with Gasteiger partial charge in [0.05, 0.1) is 17.0 Å². The van der Waals surface area contributed by atoms with Gasteiger partial charge in [0, 0.05) is 40.9 Å². The third-order valence-corrected chi connectivity index (χ3v) is 9.88. The van der Waals surface area contributed by atoms with Crippen molar-refractivity contribution in [2.75, 3.05) is 36.8 Å². The van der Waals surface area contributed by atoms with Gasteiger partial charge < -0.3 is 4.90 Å². The standard InChI is InChI=1S/C23H28F2N4S2.C2H6/c24-19-17(31-25)4-3-16-20(19)26-18(5-8-22-6-1-11-29(22)12-2-7-22)27-21(16)28-13-14-30-23(15-28)9-10-23;1-2/h3-4H,1-2,5-15H2;1-2H3. The summed E-state index contributed by atoms with van der Waals surface area (Å²) < 4.78 is 28.8. The summed E-state index contributed by atoms with van der Waals surface area (Å²) in [5.74, 6) is 2.07. The van der Waals surface area contributed by atoms with E-state index in [1.165, 1.54) is 57.7 Å². The van der Waals surface area contributed by atoms with Gasteiger partial charge >= 0.3 is 0 Å². The number of hydrogen-bond acceptors (Lipinski definition) is 6. The molecular formula is C25H34F2N4S2. The van der Waals surface area contributed by atoms with Crippen LogP contribution in [0.1, 0.15) is 64.6 Å². The molecule has 0 radical (unpaired) electrons. The fraction of sp³-hybridized carbons (Fsp3) is 0.680. The largest absolute Gasteiger partial charge is 0.354 e. The molecule has 0 N–H and O–H groups in total. The number of benzene rings is 1. The van der Waals surface area contributed by atoms with Crippen LogP contribution in [0.15, 0.2) is 17.0 Å². The van der Waals surface area contributed by atoms with Crippen molar-refractivity contribution < 1.29 is 8.28 Å². The molecule has 1 saturated carbocycles. The molecule has 1 aromatic carbocycles. The number of thioether (sulfide) groups is 1. The van der Waals surface area contributed by atoms with Gasteiger partial charge in [-0.25, -0.2) is 14.4 Å². The van der Waals surface area contributed by atoms with Crippen molar-refractivity contribution >= 4 is 40.6 Å². The summed E-state index contributed by atoms with van der Waals surface area (Å²) in [7, 11) is 0. The van der Waals surface area contributed by atoms with E-state index in [9.17, 15) is 3.89 Å². The average molecular weight is 493 g/mol. The van der Waals surface area contributed by atoms with Crippen LogP contribution in [0.5, 0.6) is 0 Å². The summed E-state index contributed by atoms with van der Waals surface area (Å²) in [6, 6.07) is 3.32. The Morgan fingerprint density at radius 2 is 1.82 bits per heavy atom. The molecule has 2 aromatic rings. The molecule has 4 fully saturated rings. The van der Waals surface area contributed by atoms with Crippen LogP contribution >= 0.6 is 23.9 Å². The first-order valence-corrected chi connectivity index (χ1v) is 14.2. The summed E-state index contributed by atoms with van der Waals surface area (Å²) in [6.45, 7) is 8.27. The van der Waals surface area contributed by atoms with Crippen LogP contribution in [-0.4, -0.2) is 57.1 Å². The number of halogens is 2. The van der Waals surface area contributed by atoms with Crippen molar-refractivity contribution in [3.8, 4) is 0 Å². The topological polar surface area (TPSA) is 32.3 Å². The molecule has 1 aromatic heterocycles. The van der Waals surface area contributed by atoms with Gasteiger partial charge in [0.2, 0.25) is 0 Å². The summed E-state index contributed by atoms with van der Waals surface area (Å²) in [5, 5.41) is 0.711. The van der Waals surface area contributed by atoms with Crippen LogP contribution in [-0.2, 0) is 6.42 Å². The molecule has 3 saturated heterocycles. The van der Waals surface area contributed by atoms with Gasteiger partial charge in [-0.05, 0) is 70.2 Å². The van der Waals surface area contributed by atoms with Gasteiger partial charge in [0.25, 0.3) is 0 Å². The summed E-state index contributed by atoms with van der Waals surface area (Å²) in [4.78, 5) is 14.6. The van der Waals surface area contributed by atoms with Gasteiger partial charge in [-0.3, -0.25) is 4.90 Å². The zero-order chi connectivity index (χ0) is 23.1. The third kappa shape index (κ3) is 4.36. The lowest BCUT2D eigenvalue weighted by Crippen LogP contribution is -2.40. The third-order valence-electron chi connectivity index (χ3n) is 7.86. The first-order chi connectivity index (χ1) is 16.1. The molecule has 6 rings (SSSR count). The van der Waals surface area contributed by atoms with E-state index in [1.54, 1.807) is 6.07 Å². The van der Waals surface area contributed by atoms with Crippen LogP contribution < -0.4 is 4.90 Å². The van der Waals surface area contributed by atoms with Gasteiger partial charge in [-0.2, -0.15) is 15.6 Å². The molecule has 4 aliphatic rings. The molecule has 1 aliphatic carbocycles. The van der Waals surface area contributed by atoms with E-state index in [0.717, 1.165) is 37.5 Å². The Morgan fingerprint density at radius 3 is 2.52 bits per heavy atom. The lowest BCUT2D eigenvalue weighted by Gasteiger charge is -2.34. The van der Waals surface area contributed by atoms with Gasteiger partial charge in [-0.1, -0.05) is 13.8 Å². The predicted octanol–water partition coefficient (Wildman–Crippen LogP) is 6.42. The summed E-state index contributed by atoms with van der Waals surface area (Å²) in [5.41, 5.74) is 0.561. The fourth-order valence-corrected chi connectivity index (χ4v) is 7.70. The van der Waals surface area contributed by atoms with E-state index in [0.29, 0.717) is 16.0 Å². The van der Waals surface area contributed by atoms with Crippen molar-refractivity contribution in [3.63, 3.8) is 0 Å². The minimum absolute atomic E-state index is 0.00678. The van der Waals surface area contributed by atoms with Crippen LogP contribution in [0, 0.1) is 5.82 Å². The number of nitrogens with zero attached hydrogens (tertiary/aromatic N) is 4. The highest BCUT2D eigenvalue weighted by molar-refractivity contribution is 8.01. The normalized spacial score (nSPS) is 23.0. The molecule has 0 unspecified atom stereocenters. The van der Waals surface area contributed by atoms with Crippen molar-refractivity contribution in [3.05, 3.63) is 23.8 Å². The monoisotopic (exact) mass is 492 g/mol. The Balaban J connectivity index is 0.00000111. The second-order valence-corrected chi connectivity index (χ2v) is 11.8. The lowest BCUT2D eigenvalue weighted by atomic mass is 9.89. The maximum Gasteiger partial charge on any atom is 0.165 e. The molecule has 3 aliphatic heterocycles. The second kappa shape index (κ2) is 9.50. The van der Waals surface area contributed by atoms with Gasteiger partial charge in [0.1, 0.15) is 17.2 Å². The van der Waals surface area contributed by atoms with E-state index in [1.807, 2.05) is 13.8 Å². The van der Waals surface area contributed by atoms with Crippen molar-refractivity contribution in [2.24, 2.45) is 0 Å². The zero-order valence-electron chi connectivity index (χ0n) is 19.7. The van der Waals surface area contributed by atoms with Crippen LogP contribution in [0.3, 0.4) is 0 Å².